The molecule has 3 N–H and O–H groups in total. The fourth-order valence-corrected chi connectivity index (χ4v) is 2.89. The van der Waals surface area contributed by atoms with Gasteiger partial charge < -0.3 is 16.0 Å². The largest absolute Gasteiger partial charge is 0.370 e. The van der Waals surface area contributed by atoms with E-state index in [0.29, 0.717) is 12.5 Å². The van der Waals surface area contributed by atoms with Gasteiger partial charge in [0, 0.05) is 43.7 Å². The lowest BCUT2D eigenvalue weighted by atomic mass is 10.1. The Bertz CT molecular complexity index is 989. The zero-order valence-electron chi connectivity index (χ0n) is 17.0. The second-order valence-corrected chi connectivity index (χ2v) is 6.91. The van der Waals surface area contributed by atoms with Crippen molar-refractivity contribution in [1.82, 2.24) is 20.3 Å². The van der Waals surface area contributed by atoms with Crippen LogP contribution in [0.2, 0.25) is 0 Å². The molecule has 0 aliphatic carbocycles. The van der Waals surface area contributed by atoms with E-state index in [9.17, 15) is 4.79 Å². The van der Waals surface area contributed by atoms with Crippen molar-refractivity contribution in [3.05, 3.63) is 59.9 Å². The number of carbonyl (C=O) groups is 1. The van der Waals surface area contributed by atoms with Gasteiger partial charge in [-0.05, 0) is 55.7 Å². The summed E-state index contributed by atoms with van der Waals surface area (Å²) in [6, 6.07) is 12.0. The Balaban J connectivity index is 1.71. The van der Waals surface area contributed by atoms with Crippen LogP contribution in [0.3, 0.4) is 0 Å². The van der Waals surface area contributed by atoms with E-state index in [-0.39, 0.29) is 5.91 Å². The Labute approximate surface area is 171 Å². The molecular weight excluding hydrogens is 364 g/mol. The van der Waals surface area contributed by atoms with E-state index >= 15 is 0 Å². The van der Waals surface area contributed by atoms with Crippen LogP contribution in [0.25, 0.3) is 11.3 Å². The maximum absolute atomic E-state index is 10.9. The molecular formula is C22H26N6O. The van der Waals surface area contributed by atoms with Crippen LogP contribution in [0.4, 0.5) is 17.5 Å². The Hall–Kier alpha value is -3.48. The molecule has 2 aromatic heterocycles. The molecule has 0 unspecified atom stereocenters. The minimum atomic E-state index is -0.0144. The van der Waals surface area contributed by atoms with Gasteiger partial charge in [0.05, 0.1) is 5.69 Å². The monoisotopic (exact) mass is 390 g/mol. The summed E-state index contributed by atoms with van der Waals surface area (Å²) >= 11 is 0. The van der Waals surface area contributed by atoms with Crippen LogP contribution < -0.4 is 16.0 Å². The minimum Gasteiger partial charge on any atom is -0.370 e. The molecule has 3 aromatic rings. The van der Waals surface area contributed by atoms with Crippen LogP contribution in [0.1, 0.15) is 24.5 Å². The quantitative estimate of drug-likeness (QED) is 0.506. The summed E-state index contributed by atoms with van der Waals surface area (Å²) in [7, 11) is 0. The molecule has 0 atom stereocenters. The van der Waals surface area contributed by atoms with E-state index in [1.165, 1.54) is 12.5 Å². The van der Waals surface area contributed by atoms with Crippen LogP contribution >= 0.6 is 0 Å². The molecule has 0 saturated carbocycles. The average molecular weight is 390 g/mol. The summed E-state index contributed by atoms with van der Waals surface area (Å²) in [4.78, 5) is 24.4. The molecule has 29 heavy (non-hydrogen) atoms. The van der Waals surface area contributed by atoms with Crippen molar-refractivity contribution in [2.45, 2.75) is 27.2 Å². The van der Waals surface area contributed by atoms with Gasteiger partial charge >= 0.3 is 0 Å². The van der Waals surface area contributed by atoms with Crippen LogP contribution in [-0.4, -0.2) is 33.9 Å². The topological polar surface area (TPSA) is 91.8 Å². The highest BCUT2D eigenvalue weighted by atomic mass is 16.1. The van der Waals surface area contributed by atoms with Gasteiger partial charge in [-0.1, -0.05) is 12.1 Å². The molecule has 1 amide bonds. The molecule has 2 heterocycles. The molecule has 7 heteroatoms. The van der Waals surface area contributed by atoms with E-state index < -0.39 is 0 Å². The van der Waals surface area contributed by atoms with Gasteiger partial charge in [-0.15, -0.1) is 0 Å². The lowest BCUT2D eigenvalue weighted by Crippen LogP contribution is -2.22. The molecule has 0 saturated heterocycles. The number of nitrogens with zero attached hydrogens (tertiary/aromatic N) is 3. The van der Waals surface area contributed by atoms with Crippen molar-refractivity contribution < 1.29 is 4.79 Å². The van der Waals surface area contributed by atoms with Crippen LogP contribution in [0.15, 0.2) is 48.8 Å². The molecule has 1 aromatic carbocycles. The van der Waals surface area contributed by atoms with E-state index in [4.69, 9.17) is 4.98 Å². The molecule has 0 radical (unpaired) electrons. The zero-order valence-corrected chi connectivity index (χ0v) is 17.0. The highest BCUT2D eigenvalue weighted by Gasteiger charge is 2.08. The minimum absolute atomic E-state index is 0.0144. The van der Waals surface area contributed by atoms with E-state index in [0.717, 1.165) is 41.3 Å². The predicted octanol–water partition coefficient (Wildman–Crippen LogP) is 3.84. The number of benzene rings is 1. The summed E-state index contributed by atoms with van der Waals surface area (Å²) in [5.41, 5.74) is 4.94. The summed E-state index contributed by atoms with van der Waals surface area (Å²) < 4.78 is 0. The van der Waals surface area contributed by atoms with Crippen LogP contribution in [0.5, 0.6) is 0 Å². The normalized spacial score (nSPS) is 10.4. The number of amides is 1. The first-order valence-electron chi connectivity index (χ1n) is 9.63. The third-order valence-corrected chi connectivity index (χ3v) is 4.31. The summed E-state index contributed by atoms with van der Waals surface area (Å²) in [5, 5.41) is 9.34. The lowest BCUT2D eigenvalue weighted by Gasteiger charge is -2.11. The maximum Gasteiger partial charge on any atom is 0.227 e. The van der Waals surface area contributed by atoms with Gasteiger partial charge in [-0.3, -0.25) is 4.79 Å². The van der Waals surface area contributed by atoms with Crippen molar-refractivity contribution in [2.24, 2.45) is 0 Å². The molecule has 3 rings (SSSR count). The second-order valence-electron chi connectivity index (χ2n) is 6.91. The van der Waals surface area contributed by atoms with Crippen molar-refractivity contribution in [2.75, 3.05) is 23.7 Å². The standard InChI is InChI=1S/C22H26N6O/c1-15-6-4-7-19(12-15)27-22-26-14-16(2)21(28-22)18-8-11-25-20(13-18)24-10-5-9-23-17(3)29/h4,6-8,11-14H,5,9-10H2,1-3H3,(H,23,29)(H,24,25)(H,26,27,28). The summed E-state index contributed by atoms with van der Waals surface area (Å²) in [6.45, 7) is 6.92. The van der Waals surface area contributed by atoms with Gasteiger partial charge in [0.2, 0.25) is 11.9 Å². The van der Waals surface area contributed by atoms with Gasteiger partial charge in [0.1, 0.15) is 5.82 Å². The van der Waals surface area contributed by atoms with E-state index in [1.807, 2.05) is 50.4 Å². The second kappa shape index (κ2) is 9.64. The van der Waals surface area contributed by atoms with Crippen LogP contribution in [-0.2, 0) is 4.79 Å². The Morgan fingerprint density at radius 2 is 1.93 bits per heavy atom. The highest BCUT2D eigenvalue weighted by molar-refractivity contribution is 5.72. The first-order valence-corrected chi connectivity index (χ1v) is 9.63. The smallest absolute Gasteiger partial charge is 0.227 e. The van der Waals surface area contributed by atoms with Gasteiger partial charge in [-0.25, -0.2) is 15.0 Å². The van der Waals surface area contributed by atoms with Gasteiger partial charge in [0.15, 0.2) is 0 Å². The van der Waals surface area contributed by atoms with Crippen LogP contribution in [0, 0.1) is 13.8 Å². The number of anilines is 3. The Morgan fingerprint density at radius 3 is 2.72 bits per heavy atom. The van der Waals surface area contributed by atoms with E-state index in [2.05, 4.69) is 32.0 Å². The number of aromatic nitrogens is 3. The first-order chi connectivity index (χ1) is 14.0. The highest BCUT2D eigenvalue weighted by Crippen LogP contribution is 2.24. The zero-order chi connectivity index (χ0) is 20.6. The SMILES string of the molecule is CC(=O)NCCCNc1cc(-c2nc(Nc3cccc(C)c3)ncc2C)ccn1. The molecule has 7 nitrogen and oxygen atoms in total. The molecule has 0 bridgehead atoms. The molecule has 0 aliphatic rings. The number of hydrogen-bond donors (Lipinski definition) is 3. The maximum atomic E-state index is 10.9. The van der Waals surface area contributed by atoms with Crippen molar-refractivity contribution in [1.29, 1.82) is 0 Å². The number of nitrogens with one attached hydrogen (secondary N) is 3. The van der Waals surface area contributed by atoms with Gasteiger partial charge in [0.25, 0.3) is 0 Å². The van der Waals surface area contributed by atoms with Crippen molar-refractivity contribution in [3.63, 3.8) is 0 Å². The summed E-state index contributed by atoms with van der Waals surface area (Å²) in [5.74, 6) is 1.31. The molecule has 0 spiro atoms. The predicted molar refractivity (Wildman–Crippen MR) is 116 cm³/mol. The number of rotatable bonds is 8. The van der Waals surface area contributed by atoms with E-state index in [1.54, 1.807) is 6.20 Å². The van der Waals surface area contributed by atoms with Gasteiger partial charge in [-0.2, -0.15) is 0 Å². The fourth-order valence-electron chi connectivity index (χ4n) is 2.89. The number of aryl methyl sites for hydroxylation is 2. The molecule has 0 aliphatic heterocycles. The number of hydrogen-bond acceptors (Lipinski definition) is 6. The Morgan fingerprint density at radius 1 is 1.07 bits per heavy atom. The number of pyridine rings is 1. The fraction of sp³-hybridized carbons (Fsp3) is 0.273. The third-order valence-electron chi connectivity index (χ3n) is 4.31. The lowest BCUT2D eigenvalue weighted by molar-refractivity contribution is -0.118. The Kier molecular flexibility index (Phi) is 6.73. The van der Waals surface area contributed by atoms with Crippen molar-refractivity contribution in [3.8, 4) is 11.3 Å². The number of carbonyl (C=O) groups excluding carboxylic acids is 1. The summed E-state index contributed by atoms with van der Waals surface area (Å²) in [6.07, 6.45) is 4.41. The molecule has 0 fully saturated rings. The first kappa shape index (κ1) is 20.3. The van der Waals surface area contributed by atoms with Crippen molar-refractivity contribution >= 4 is 23.4 Å². The average Bonchev–Trinajstić information content (AvgIpc) is 2.69. The third kappa shape index (κ3) is 6.00. The molecule has 150 valence electrons.